The number of aromatic nitrogens is 2. The van der Waals surface area contributed by atoms with E-state index in [2.05, 4.69) is 47.9 Å². The maximum absolute atomic E-state index is 11.7. The molecule has 0 bridgehead atoms. The predicted molar refractivity (Wildman–Crippen MR) is 143 cm³/mol. The molecule has 4 aromatic rings. The molecule has 0 atom stereocenters. The van der Waals surface area contributed by atoms with Crippen LogP contribution in [0.3, 0.4) is 0 Å². The fraction of sp³-hybridized carbons (Fsp3) is 0.333. The van der Waals surface area contributed by atoms with E-state index in [9.17, 15) is 4.79 Å². The lowest BCUT2D eigenvalue weighted by Gasteiger charge is -2.13. The minimum atomic E-state index is -0.142. The zero-order valence-corrected chi connectivity index (χ0v) is 21.5. The molecule has 1 aromatic heterocycles. The van der Waals surface area contributed by atoms with Gasteiger partial charge in [0.2, 0.25) is 0 Å². The average molecular weight is 487 g/mol. The van der Waals surface area contributed by atoms with E-state index in [4.69, 9.17) is 19.2 Å². The van der Waals surface area contributed by atoms with E-state index in [0.29, 0.717) is 24.5 Å². The fourth-order valence-electron chi connectivity index (χ4n) is 4.15. The molecule has 1 heterocycles. The third kappa shape index (κ3) is 6.06. The van der Waals surface area contributed by atoms with Gasteiger partial charge in [-0.2, -0.15) is 0 Å². The lowest BCUT2D eigenvalue weighted by molar-refractivity contribution is -0.147. The molecule has 0 aliphatic carbocycles. The van der Waals surface area contributed by atoms with Crippen LogP contribution in [0.2, 0.25) is 0 Å². The molecule has 0 aliphatic heterocycles. The first-order valence-corrected chi connectivity index (χ1v) is 12.5. The van der Waals surface area contributed by atoms with Gasteiger partial charge in [-0.25, -0.2) is 4.98 Å². The number of unbranched alkanes of at least 4 members (excludes halogenated alkanes) is 2. The average Bonchev–Trinajstić information content (AvgIpc) is 3.24. The summed E-state index contributed by atoms with van der Waals surface area (Å²) in [6.45, 7) is 6.34. The molecule has 36 heavy (non-hydrogen) atoms. The van der Waals surface area contributed by atoms with Crippen molar-refractivity contribution in [1.29, 1.82) is 0 Å². The highest BCUT2D eigenvalue weighted by molar-refractivity contribution is 5.86. The Hall–Kier alpha value is -3.80. The number of benzene rings is 3. The Balaban J connectivity index is 1.58. The smallest absolute Gasteiger partial charge is 0.306 e. The summed E-state index contributed by atoms with van der Waals surface area (Å²) in [6, 6.07) is 22.5. The molecule has 6 heteroatoms. The molecule has 0 saturated carbocycles. The molecule has 4 rings (SSSR count). The van der Waals surface area contributed by atoms with Crippen molar-refractivity contribution in [3.63, 3.8) is 0 Å². The maximum atomic E-state index is 11.7. The molecule has 0 unspecified atom stereocenters. The van der Waals surface area contributed by atoms with Crippen molar-refractivity contribution in [2.24, 2.45) is 0 Å². The standard InChI is InChI=1S/C30H34N2O4/c1-21(2)36-29(33)13-9-6-10-18-35-28-20-26-25(19-27(28)34-4)31-30(23-11-7-5-8-12-23)32(26)24-16-14-22(3)15-17-24/h5,7-8,11-12,14-17,19-21H,6,9-10,13,18H2,1-4H3. The van der Waals surface area contributed by atoms with Crippen molar-refractivity contribution in [1.82, 2.24) is 9.55 Å². The van der Waals surface area contributed by atoms with Gasteiger partial charge >= 0.3 is 5.97 Å². The molecule has 0 fully saturated rings. The van der Waals surface area contributed by atoms with Gasteiger partial charge in [0.25, 0.3) is 0 Å². The number of esters is 1. The van der Waals surface area contributed by atoms with Gasteiger partial charge in [-0.05, 0) is 52.2 Å². The number of nitrogens with zero attached hydrogens (tertiary/aromatic N) is 2. The third-order valence-electron chi connectivity index (χ3n) is 5.91. The van der Waals surface area contributed by atoms with E-state index in [1.807, 2.05) is 44.2 Å². The van der Waals surface area contributed by atoms with E-state index in [0.717, 1.165) is 47.4 Å². The van der Waals surface area contributed by atoms with E-state index < -0.39 is 0 Å². The van der Waals surface area contributed by atoms with E-state index in [1.165, 1.54) is 5.56 Å². The van der Waals surface area contributed by atoms with Crippen LogP contribution in [-0.4, -0.2) is 35.3 Å². The Morgan fingerprint density at radius 1 is 0.944 bits per heavy atom. The molecule has 0 spiro atoms. The van der Waals surface area contributed by atoms with Crippen LogP contribution in [0, 0.1) is 6.92 Å². The highest BCUT2D eigenvalue weighted by Gasteiger charge is 2.18. The van der Waals surface area contributed by atoms with Crippen molar-refractivity contribution in [2.45, 2.75) is 52.6 Å². The van der Waals surface area contributed by atoms with Gasteiger partial charge < -0.3 is 14.2 Å². The summed E-state index contributed by atoms with van der Waals surface area (Å²) in [4.78, 5) is 16.7. The third-order valence-corrected chi connectivity index (χ3v) is 5.91. The zero-order chi connectivity index (χ0) is 25.5. The Labute approximate surface area is 212 Å². The SMILES string of the molecule is COc1cc2nc(-c3ccccc3)n(-c3ccc(C)cc3)c2cc1OCCCCCC(=O)OC(C)C. The number of aryl methyl sites for hydroxylation is 1. The van der Waals surface area contributed by atoms with Crippen LogP contribution >= 0.6 is 0 Å². The number of imidazole rings is 1. The highest BCUT2D eigenvalue weighted by atomic mass is 16.5. The van der Waals surface area contributed by atoms with Crippen LogP contribution in [0.15, 0.2) is 66.7 Å². The van der Waals surface area contributed by atoms with Gasteiger partial charge in [0.05, 0.1) is 30.9 Å². The molecule has 6 nitrogen and oxygen atoms in total. The number of hydrogen-bond donors (Lipinski definition) is 0. The van der Waals surface area contributed by atoms with Crippen molar-refractivity contribution >= 4 is 17.0 Å². The molecule has 0 N–H and O–H groups in total. The van der Waals surface area contributed by atoms with Crippen LogP contribution < -0.4 is 9.47 Å². The lowest BCUT2D eigenvalue weighted by Crippen LogP contribution is -2.11. The summed E-state index contributed by atoms with van der Waals surface area (Å²) >= 11 is 0. The van der Waals surface area contributed by atoms with Crippen molar-refractivity contribution in [3.05, 3.63) is 72.3 Å². The number of carbonyl (C=O) groups excluding carboxylic acids is 1. The van der Waals surface area contributed by atoms with E-state index in [-0.39, 0.29) is 12.1 Å². The van der Waals surface area contributed by atoms with Crippen molar-refractivity contribution in [2.75, 3.05) is 13.7 Å². The normalized spacial score (nSPS) is 11.1. The van der Waals surface area contributed by atoms with Crippen LogP contribution in [0.4, 0.5) is 0 Å². The van der Waals surface area contributed by atoms with Crippen molar-refractivity contribution < 1.29 is 19.0 Å². The topological polar surface area (TPSA) is 62.6 Å². The number of methoxy groups -OCH3 is 1. The fourth-order valence-corrected chi connectivity index (χ4v) is 4.15. The predicted octanol–water partition coefficient (Wildman–Crippen LogP) is 6.90. The number of rotatable bonds is 11. The molecule has 0 amide bonds. The lowest BCUT2D eigenvalue weighted by atomic mass is 10.2. The largest absolute Gasteiger partial charge is 0.493 e. The van der Waals surface area contributed by atoms with Gasteiger partial charge in [-0.1, -0.05) is 48.0 Å². The van der Waals surface area contributed by atoms with Gasteiger partial charge in [0, 0.05) is 29.8 Å². The van der Waals surface area contributed by atoms with Crippen LogP contribution in [0.1, 0.15) is 45.1 Å². The second-order valence-electron chi connectivity index (χ2n) is 9.16. The molecule has 188 valence electrons. The minimum absolute atomic E-state index is 0.0704. The summed E-state index contributed by atoms with van der Waals surface area (Å²) in [7, 11) is 1.64. The first kappa shape index (κ1) is 25.3. The Morgan fingerprint density at radius 2 is 1.69 bits per heavy atom. The zero-order valence-electron chi connectivity index (χ0n) is 21.5. The second-order valence-corrected chi connectivity index (χ2v) is 9.16. The van der Waals surface area contributed by atoms with Gasteiger partial charge in [0.15, 0.2) is 11.5 Å². The molecular formula is C30H34N2O4. The number of hydrogen-bond acceptors (Lipinski definition) is 5. The molecular weight excluding hydrogens is 452 g/mol. The Morgan fingerprint density at radius 3 is 2.39 bits per heavy atom. The van der Waals surface area contributed by atoms with Crippen LogP contribution in [0.5, 0.6) is 11.5 Å². The molecule has 0 saturated heterocycles. The highest BCUT2D eigenvalue weighted by Crippen LogP contribution is 2.36. The maximum Gasteiger partial charge on any atom is 0.306 e. The first-order chi connectivity index (χ1) is 17.5. The molecule has 0 radical (unpaired) electrons. The number of fused-ring (bicyclic) bond motifs is 1. The molecule has 0 aliphatic rings. The monoisotopic (exact) mass is 486 g/mol. The Bertz CT molecular complexity index is 1290. The van der Waals surface area contributed by atoms with E-state index >= 15 is 0 Å². The van der Waals surface area contributed by atoms with Crippen LogP contribution in [-0.2, 0) is 9.53 Å². The summed E-state index contributed by atoms with van der Waals surface area (Å²) in [5.74, 6) is 2.05. The second kappa shape index (κ2) is 11.8. The molecule has 3 aromatic carbocycles. The Kier molecular flexibility index (Phi) is 8.26. The minimum Gasteiger partial charge on any atom is -0.493 e. The van der Waals surface area contributed by atoms with Crippen molar-refractivity contribution in [3.8, 4) is 28.6 Å². The number of carbonyl (C=O) groups is 1. The van der Waals surface area contributed by atoms with Crippen LogP contribution in [0.25, 0.3) is 28.1 Å². The summed E-state index contributed by atoms with van der Waals surface area (Å²) in [5, 5.41) is 0. The van der Waals surface area contributed by atoms with E-state index in [1.54, 1.807) is 7.11 Å². The van der Waals surface area contributed by atoms with Gasteiger partial charge in [0.1, 0.15) is 5.82 Å². The summed E-state index contributed by atoms with van der Waals surface area (Å²) in [5.41, 5.74) is 5.05. The summed E-state index contributed by atoms with van der Waals surface area (Å²) in [6.07, 6.45) is 2.87. The van der Waals surface area contributed by atoms with Gasteiger partial charge in [-0.15, -0.1) is 0 Å². The summed E-state index contributed by atoms with van der Waals surface area (Å²) < 4.78 is 19.1. The van der Waals surface area contributed by atoms with Gasteiger partial charge in [-0.3, -0.25) is 9.36 Å². The first-order valence-electron chi connectivity index (χ1n) is 12.5. The number of ether oxygens (including phenoxy) is 3. The quantitative estimate of drug-likeness (QED) is 0.170.